The topological polar surface area (TPSA) is 61.4 Å². The highest BCUT2D eigenvalue weighted by atomic mass is 19.1. The molecule has 8 heteroatoms. The smallest absolute Gasteiger partial charge is 0.321 e. The van der Waals surface area contributed by atoms with Crippen molar-refractivity contribution in [3.05, 3.63) is 65.5 Å². The van der Waals surface area contributed by atoms with Crippen molar-refractivity contribution in [3.63, 3.8) is 0 Å². The third kappa shape index (κ3) is 6.50. The molecule has 2 N–H and O–H groups in total. The van der Waals surface area contributed by atoms with Gasteiger partial charge in [-0.3, -0.25) is 4.79 Å². The maximum absolute atomic E-state index is 13.3. The van der Waals surface area contributed by atoms with E-state index in [0.29, 0.717) is 30.8 Å². The van der Waals surface area contributed by atoms with E-state index in [1.54, 1.807) is 11.0 Å². The van der Waals surface area contributed by atoms with Crippen LogP contribution in [0, 0.1) is 23.4 Å². The average molecular weight is 419 g/mol. The summed E-state index contributed by atoms with van der Waals surface area (Å²) in [4.78, 5) is 26.2. The van der Waals surface area contributed by atoms with E-state index in [0.717, 1.165) is 18.9 Å². The normalized spacial score (nSPS) is 16.2. The van der Waals surface area contributed by atoms with E-state index < -0.39 is 17.5 Å². The first-order valence-electron chi connectivity index (χ1n) is 9.92. The Morgan fingerprint density at radius 2 is 1.80 bits per heavy atom. The number of nitrogens with zero attached hydrogens (tertiary/aromatic N) is 1. The van der Waals surface area contributed by atoms with Gasteiger partial charge in [-0.2, -0.15) is 0 Å². The van der Waals surface area contributed by atoms with Crippen molar-refractivity contribution in [2.75, 3.05) is 18.4 Å². The fourth-order valence-corrected chi connectivity index (χ4v) is 3.59. The minimum atomic E-state index is -0.682. The van der Waals surface area contributed by atoms with Crippen LogP contribution in [-0.2, 0) is 11.3 Å². The Bertz CT molecular complexity index is 887. The standard InChI is InChI=1S/C22H24F3N3O2/c23-17-4-1-5-20(12-17)27-22(30)28-8-2-3-15(14-28)6-7-21(29)26-13-16-9-18(24)11-19(25)10-16/h1,4-5,9-12,15H,2-3,6-8,13-14H2,(H,26,29)(H,27,30)/t15-/m0/s1. The van der Waals surface area contributed by atoms with Crippen LogP contribution in [0.25, 0.3) is 0 Å². The number of hydrogen-bond donors (Lipinski definition) is 2. The fraction of sp³-hybridized carbons (Fsp3) is 0.364. The number of urea groups is 1. The second-order valence-corrected chi connectivity index (χ2v) is 7.49. The summed E-state index contributed by atoms with van der Waals surface area (Å²) in [6.07, 6.45) is 2.60. The van der Waals surface area contributed by atoms with Gasteiger partial charge >= 0.3 is 6.03 Å². The van der Waals surface area contributed by atoms with Crippen molar-refractivity contribution >= 4 is 17.6 Å². The average Bonchev–Trinajstić information content (AvgIpc) is 2.70. The first kappa shape index (κ1) is 21.7. The number of likely N-dealkylation sites (tertiary alicyclic amines) is 1. The van der Waals surface area contributed by atoms with Crippen LogP contribution in [0.2, 0.25) is 0 Å². The van der Waals surface area contributed by atoms with Gasteiger partial charge in [-0.1, -0.05) is 6.07 Å². The van der Waals surface area contributed by atoms with Gasteiger partial charge in [0.1, 0.15) is 17.5 Å². The van der Waals surface area contributed by atoms with Crippen LogP contribution in [0.4, 0.5) is 23.7 Å². The maximum atomic E-state index is 13.3. The van der Waals surface area contributed by atoms with Gasteiger partial charge in [0, 0.05) is 37.8 Å². The molecule has 1 heterocycles. The highest BCUT2D eigenvalue weighted by Gasteiger charge is 2.24. The third-order valence-electron chi connectivity index (χ3n) is 5.07. The molecule has 0 radical (unpaired) electrons. The maximum Gasteiger partial charge on any atom is 0.321 e. The molecule has 5 nitrogen and oxygen atoms in total. The van der Waals surface area contributed by atoms with Gasteiger partial charge < -0.3 is 15.5 Å². The van der Waals surface area contributed by atoms with E-state index in [4.69, 9.17) is 0 Å². The number of amides is 3. The molecular formula is C22H24F3N3O2. The molecule has 2 aromatic rings. The van der Waals surface area contributed by atoms with Gasteiger partial charge in [0.25, 0.3) is 0 Å². The summed E-state index contributed by atoms with van der Waals surface area (Å²) in [5.41, 5.74) is 0.758. The van der Waals surface area contributed by atoms with Crippen LogP contribution in [0.1, 0.15) is 31.2 Å². The predicted molar refractivity (Wildman–Crippen MR) is 107 cm³/mol. The summed E-state index contributed by atoms with van der Waals surface area (Å²) in [5.74, 6) is -1.82. The summed E-state index contributed by atoms with van der Waals surface area (Å²) < 4.78 is 39.7. The van der Waals surface area contributed by atoms with Crippen LogP contribution in [0.3, 0.4) is 0 Å². The van der Waals surface area contributed by atoms with Gasteiger partial charge in [-0.05, 0) is 61.1 Å². The van der Waals surface area contributed by atoms with Gasteiger partial charge in [0.05, 0.1) is 0 Å². The van der Waals surface area contributed by atoms with E-state index >= 15 is 0 Å². The molecule has 2 aromatic carbocycles. The quantitative estimate of drug-likeness (QED) is 0.727. The number of benzene rings is 2. The van der Waals surface area contributed by atoms with Crippen LogP contribution in [0.5, 0.6) is 0 Å². The van der Waals surface area contributed by atoms with Gasteiger partial charge in [0.15, 0.2) is 0 Å². The predicted octanol–water partition coefficient (Wildman–Crippen LogP) is 4.44. The Labute approximate surface area is 173 Å². The summed E-state index contributed by atoms with van der Waals surface area (Å²) >= 11 is 0. The number of rotatable bonds is 6. The summed E-state index contributed by atoms with van der Waals surface area (Å²) in [6.45, 7) is 1.18. The number of anilines is 1. The van der Waals surface area contributed by atoms with E-state index in [-0.39, 0.29) is 30.8 Å². The zero-order valence-corrected chi connectivity index (χ0v) is 16.5. The molecule has 0 spiro atoms. The highest BCUT2D eigenvalue weighted by Crippen LogP contribution is 2.22. The van der Waals surface area contributed by atoms with Crippen molar-refractivity contribution in [2.45, 2.75) is 32.2 Å². The lowest BCUT2D eigenvalue weighted by Crippen LogP contribution is -2.42. The second-order valence-electron chi connectivity index (χ2n) is 7.49. The number of carbonyl (C=O) groups is 2. The van der Waals surface area contributed by atoms with Crippen molar-refractivity contribution < 1.29 is 22.8 Å². The summed E-state index contributed by atoms with van der Waals surface area (Å²) in [6, 6.07) is 8.57. The largest absolute Gasteiger partial charge is 0.352 e. The zero-order chi connectivity index (χ0) is 21.5. The molecule has 1 atom stereocenters. The molecule has 160 valence electrons. The van der Waals surface area contributed by atoms with E-state index in [1.165, 1.54) is 30.3 Å². The SMILES string of the molecule is O=C(CC[C@@H]1CCCN(C(=O)Nc2cccc(F)c2)C1)NCc1cc(F)cc(F)c1. The number of nitrogens with one attached hydrogen (secondary N) is 2. The molecule has 1 aliphatic heterocycles. The van der Waals surface area contributed by atoms with Gasteiger partial charge in [0.2, 0.25) is 5.91 Å². The molecule has 1 saturated heterocycles. The third-order valence-corrected chi connectivity index (χ3v) is 5.07. The Balaban J connectivity index is 1.43. The number of halogens is 3. The van der Waals surface area contributed by atoms with E-state index in [1.807, 2.05) is 0 Å². The lowest BCUT2D eigenvalue weighted by atomic mass is 9.93. The molecule has 30 heavy (non-hydrogen) atoms. The van der Waals surface area contributed by atoms with Crippen LogP contribution < -0.4 is 10.6 Å². The molecule has 0 unspecified atom stereocenters. The van der Waals surface area contributed by atoms with Crippen molar-refractivity contribution in [1.82, 2.24) is 10.2 Å². The Morgan fingerprint density at radius 3 is 2.53 bits per heavy atom. The van der Waals surface area contributed by atoms with E-state index in [9.17, 15) is 22.8 Å². The van der Waals surface area contributed by atoms with Crippen molar-refractivity contribution in [1.29, 1.82) is 0 Å². The molecule has 3 rings (SSSR count). The highest BCUT2D eigenvalue weighted by molar-refractivity contribution is 5.89. The van der Waals surface area contributed by atoms with Crippen molar-refractivity contribution in [3.8, 4) is 0 Å². The number of hydrogen-bond acceptors (Lipinski definition) is 2. The molecule has 3 amide bonds. The minimum absolute atomic E-state index is 0.0559. The first-order valence-corrected chi connectivity index (χ1v) is 9.92. The van der Waals surface area contributed by atoms with Gasteiger partial charge in [-0.25, -0.2) is 18.0 Å². The Kier molecular flexibility index (Phi) is 7.32. The monoisotopic (exact) mass is 419 g/mol. The van der Waals surface area contributed by atoms with Crippen LogP contribution in [0.15, 0.2) is 42.5 Å². The molecule has 1 aliphatic rings. The molecular weight excluding hydrogens is 395 g/mol. The number of piperidine rings is 1. The minimum Gasteiger partial charge on any atom is -0.352 e. The summed E-state index contributed by atoms with van der Waals surface area (Å²) in [7, 11) is 0. The summed E-state index contributed by atoms with van der Waals surface area (Å²) in [5, 5.41) is 5.36. The zero-order valence-electron chi connectivity index (χ0n) is 16.5. The van der Waals surface area contributed by atoms with Crippen LogP contribution >= 0.6 is 0 Å². The van der Waals surface area contributed by atoms with Crippen LogP contribution in [-0.4, -0.2) is 29.9 Å². The lowest BCUT2D eigenvalue weighted by Gasteiger charge is -2.32. The van der Waals surface area contributed by atoms with Gasteiger partial charge in [-0.15, -0.1) is 0 Å². The number of carbonyl (C=O) groups excluding carboxylic acids is 2. The van der Waals surface area contributed by atoms with Crippen molar-refractivity contribution in [2.24, 2.45) is 5.92 Å². The van der Waals surface area contributed by atoms with E-state index in [2.05, 4.69) is 10.6 Å². The lowest BCUT2D eigenvalue weighted by molar-refractivity contribution is -0.121. The second kappa shape index (κ2) is 10.1. The molecule has 0 aromatic heterocycles. The molecule has 1 fully saturated rings. The first-order chi connectivity index (χ1) is 14.4. The Hall–Kier alpha value is -3.03. The Morgan fingerprint density at radius 1 is 1.03 bits per heavy atom. The molecule has 0 bridgehead atoms. The molecule has 0 saturated carbocycles. The fourth-order valence-electron chi connectivity index (χ4n) is 3.59. The molecule has 0 aliphatic carbocycles.